The van der Waals surface area contributed by atoms with Crippen molar-refractivity contribution in [2.24, 2.45) is 4.99 Å². The van der Waals surface area contributed by atoms with Gasteiger partial charge in [-0.1, -0.05) is 42.5 Å². The number of carbonyl (C=O) groups excluding carboxylic acids is 1. The summed E-state index contributed by atoms with van der Waals surface area (Å²) in [6.07, 6.45) is 1.96. The molecule has 29 heavy (non-hydrogen) atoms. The lowest BCUT2D eigenvalue weighted by Gasteiger charge is -2.33. The molecule has 2 aliphatic heterocycles. The largest absolute Gasteiger partial charge is 0.350 e. The van der Waals surface area contributed by atoms with E-state index in [9.17, 15) is 13.2 Å². The molecule has 0 aliphatic carbocycles. The SMILES string of the molecule is O=C(CN=C1NS(=O)(=O)c2ccccc21)N[C@H]1CCCN(Cc2ccccc2)C1. The molecule has 0 radical (unpaired) electrons. The van der Waals surface area contributed by atoms with Crippen molar-refractivity contribution >= 4 is 21.8 Å². The first-order valence-corrected chi connectivity index (χ1v) is 11.2. The molecule has 2 aromatic rings. The van der Waals surface area contributed by atoms with Crippen LogP contribution in [0.15, 0.2) is 64.5 Å². The van der Waals surface area contributed by atoms with Gasteiger partial charge in [-0.2, -0.15) is 0 Å². The summed E-state index contributed by atoms with van der Waals surface area (Å²) >= 11 is 0. The number of hydrogen-bond acceptors (Lipinski definition) is 5. The molecule has 0 spiro atoms. The summed E-state index contributed by atoms with van der Waals surface area (Å²) in [5.41, 5.74) is 1.77. The number of nitrogens with zero attached hydrogens (tertiary/aromatic N) is 2. The summed E-state index contributed by atoms with van der Waals surface area (Å²) < 4.78 is 26.6. The first-order chi connectivity index (χ1) is 14.0. The lowest BCUT2D eigenvalue weighted by atomic mass is 10.0. The number of likely N-dealkylation sites (tertiary alicyclic amines) is 1. The van der Waals surface area contributed by atoms with E-state index in [4.69, 9.17) is 0 Å². The molecule has 4 rings (SSSR count). The predicted octanol–water partition coefficient (Wildman–Crippen LogP) is 1.51. The molecule has 152 valence electrons. The van der Waals surface area contributed by atoms with E-state index in [-0.39, 0.29) is 29.2 Å². The van der Waals surface area contributed by atoms with Gasteiger partial charge in [0.1, 0.15) is 12.4 Å². The van der Waals surface area contributed by atoms with Crippen molar-refractivity contribution in [3.8, 4) is 0 Å². The number of aliphatic imine (C=N–C) groups is 1. The molecule has 7 nitrogen and oxygen atoms in total. The van der Waals surface area contributed by atoms with Crippen LogP contribution in [0.4, 0.5) is 0 Å². The van der Waals surface area contributed by atoms with E-state index < -0.39 is 10.0 Å². The Morgan fingerprint density at radius 2 is 1.90 bits per heavy atom. The average Bonchev–Trinajstić information content (AvgIpc) is 2.98. The van der Waals surface area contributed by atoms with Gasteiger partial charge < -0.3 is 5.32 Å². The number of amides is 1. The fourth-order valence-electron chi connectivity index (χ4n) is 3.83. The minimum atomic E-state index is -3.59. The van der Waals surface area contributed by atoms with Gasteiger partial charge >= 0.3 is 0 Å². The Balaban J connectivity index is 1.34. The third-order valence-electron chi connectivity index (χ3n) is 5.16. The molecule has 2 N–H and O–H groups in total. The summed E-state index contributed by atoms with van der Waals surface area (Å²) in [6, 6.07) is 17.0. The van der Waals surface area contributed by atoms with Crippen LogP contribution in [-0.2, 0) is 21.4 Å². The number of benzene rings is 2. The molecule has 2 aromatic carbocycles. The average molecular weight is 413 g/mol. The summed E-state index contributed by atoms with van der Waals surface area (Å²) in [5.74, 6) is 0.0257. The maximum atomic E-state index is 12.4. The predicted molar refractivity (Wildman–Crippen MR) is 111 cm³/mol. The Labute approximate surface area is 170 Å². The third kappa shape index (κ3) is 4.65. The van der Waals surface area contributed by atoms with Crippen LogP contribution in [0, 0.1) is 0 Å². The van der Waals surface area contributed by atoms with E-state index >= 15 is 0 Å². The Hall–Kier alpha value is -2.71. The summed E-state index contributed by atoms with van der Waals surface area (Å²) in [4.78, 5) is 19.1. The minimum Gasteiger partial charge on any atom is -0.350 e. The third-order valence-corrected chi connectivity index (χ3v) is 6.56. The van der Waals surface area contributed by atoms with Crippen molar-refractivity contribution in [2.45, 2.75) is 30.3 Å². The van der Waals surface area contributed by atoms with E-state index in [1.165, 1.54) is 11.6 Å². The highest BCUT2D eigenvalue weighted by Crippen LogP contribution is 2.22. The second-order valence-electron chi connectivity index (χ2n) is 7.39. The Morgan fingerprint density at radius 1 is 1.14 bits per heavy atom. The fourth-order valence-corrected chi connectivity index (χ4v) is 5.08. The van der Waals surface area contributed by atoms with Crippen LogP contribution >= 0.6 is 0 Å². The Bertz CT molecular complexity index is 1020. The quantitative estimate of drug-likeness (QED) is 0.779. The van der Waals surface area contributed by atoms with Crippen molar-refractivity contribution in [3.63, 3.8) is 0 Å². The topological polar surface area (TPSA) is 90.9 Å². The van der Waals surface area contributed by atoms with Crippen LogP contribution in [0.1, 0.15) is 24.0 Å². The van der Waals surface area contributed by atoms with Crippen LogP contribution in [0.5, 0.6) is 0 Å². The number of amidine groups is 1. The highest BCUT2D eigenvalue weighted by molar-refractivity contribution is 7.90. The van der Waals surface area contributed by atoms with Gasteiger partial charge in [0.15, 0.2) is 0 Å². The monoisotopic (exact) mass is 412 g/mol. The van der Waals surface area contributed by atoms with Gasteiger partial charge in [0, 0.05) is 24.7 Å². The van der Waals surface area contributed by atoms with Gasteiger partial charge in [-0.05, 0) is 37.1 Å². The van der Waals surface area contributed by atoms with Crippen LogP contribution in [0.3, 0.4) is 0 Å². The second kappa shape index (κ2) is 8.34. The fraction of sp³-hybridized carbons (Fsp3) is 0.333. The number of hydrogen-bond donors (Lipinski definition) is 2. The maximum Gasteiger partial charge on any atom is 0.263 e. The zero-order valence-corrected chi connectivity index (χ0v) is 16.9. The molecule has 1 fully saturated rings. The molecule has 8 heteroatoms. The van der Waals surface area contributed by atoms with Gasteiger partial charge in [0.25, 0.3) is 10.0 Å². The van der Waals surface area contributed by atoms with Gasteiger partial charge in [-0.3, -0.25) is 19.4 Å². The standard InChI is InChI=1S/C21H24N4O3S/c26-20(13-22-21-18-10-4-5-11-19(18)29(27,28)24-21)23-17-9-6-12-25(15-17)14-16-7-2-1-3-8-16/h1-5,7-8,10-11,17H,6,9,12-15H2,(H,22,24)(H,23,26)/t17-/m0/s1. The van der Waals surface area contributed by atoms with E-state index in [1.807, 2.05) is 18.2 Å². The van der Waals surface area contributed by atoms with Crippen LogP contribution in [0.2, 0.25) is 0 Å². The van der Waals surface area contributed by atoms with Crippen molar-refractivity contribution in [1.29, 1.82) is 0 Å². The van der Waals surface area contributed by atoms with Crippen LogP contribution in [0.25, 0.3) is 0 Å². The van der Waals surface area contributed by atoms with Gasteiger partial charge in [0.05, 0.1) is 4.90 Å². The molecule has 1 saturated heterocycles. The zero-order valence-electron chi connectivity index (χ0n) is 16.0. The molecular weight excluding hydrogens is 388 g/mol. The number of rotatable bonds is 5. The van der Waals surface area contributed by atoms with E-state index in [2.05, 4.69) is 32.1 Å². The number of fused-ring (bicyclic) bond motifs is 1. The highest BCUT2D eigenvalue weighted by Gasteiger charge is 2.30. The van der Waals surface area contributed by atoms with Crippen molar-refractivity contribution < 1.29 is 13.2 Å². The second-order valence-corrected chi connectivity index (χ2v) is 9.04. The Morgan fingerprint density at radius 3 is 2.72 bits per heavy atom. The van der Waals surface area contributed by atoms with Gasteiger partial charge in [-0.15, -0.1) is 0 Å². The first kappa shape index (κ1) is 19.6. The number of sulfonamides is 1. The molecule has 0 bridgehead atoms. The first-order valence-electron chi connectivity index (χ1n) is 9.73. The van der Waals surface area contributed by atoms with Crippen molar-refractivity contribution in [2.75, 3.05) is 19.6 Å². The maximum absolute atomic E-state index is 12.4. The Kier molecular flexibility index (Phi) is 5.64. The molecule has 1 atom stereocenters. The molecule has 0 aromatic heterocycles. The lowest BCUT2D eigenvalue weighted by molar-refractivity contribution is -0.120. The van der Waals surface area contributed by atoms with E-state index in [0.717, 1.165) is 32.5 Å². The van der Waals surface area contributed by atoms with Crippen molar-refractivity contribution in [1.82, 2.24) is 14.9 Å². The van der Waals surface area contributed by atoms with Crippen LogP contribution in [-0.4, -0.2) is 50.7 Å². The molecule has 1 amide bonds. The minimum absolute atomic E-state index is 0.0766. The summed E-state index contributed by atoms with van der Waals surface area (Å²) in [5, 5.41) is 3.04. The van der Waals surface area contributed by atoms with E-state index in [0.29, 0.717) is 5.56 Å². The smallest absolute Gasteiger partial charge is 0.263 e. The molecule has 2 aliphatic rings. The zero-order chi connectivity index (χ0) is 20.3. The van der Waals surface area contributed by atoms with Crippen LogP contribution < -0.4 is 10.0 Å². The van der Waals surface area contributed by atoms with Gasteiger partial charge in [-0.25, -0.2) is 8.42 Å². The lowest BCUT2D eigenvalue weighted by Crippen LogP contribution is -2.48. The number of nitrogens with one attached hydrogen (secondary N) is 2. The number of piperidine rings is 1. The van der Waals surface area contributed by atoms with E-state index in [1.54, 1.807) is 18.2 Å². The highest BCUT2D eigenvalue weighted by atomic mass is 32.2. The number of carbonyl (C=O) groups is 1. The molecule has 0 saturated carbocycles. The van der Waals surface area contributed by atoms with Crippen molar-refractivity contribution in [3.05, 3.63) is 65.7 Å². The van der Waals surface area contributed by atoms with Gasteiger partial charge in [0.2, 0.25) is 5.91 Å². The summed E-state index contributed by atoms with van der Waals surface area (Å²) in [7, 11) is -3.59. The molecular formula is C21H24N4O3S. The summed E-state index contributed by atoms with van der Waals surface area (Å²) in [6.45, 7) is 2.57. The molecule has 0 unspecified atom stereocenters. The normalized spacial score (nSPS) is 22.1. The molecule has 2 heterocycles.